The molecule has 1 heterocycles. The monoisotopic (exact) mass is 572 g/mol. The molecule has 0 radical (unpaired) electrons. The highest BCUT2D eigenvalue weighted by molar-refractivity contribution is 6.23. The van der Waals surface area contributed by atoms with Crippen LogP contribution in [0.4, 0.5) is 0 Å². The minimum absolute atomic E-state index is 0.332. The third-order valence-electron chi connectivity index (χ3n) is 6.95. The fourth-order valence-corrected chi connectivity index (χ4v) is 5.11. The number of hydrogen-bond donors (Lipinski definition) is 0. The molecule has 1 heteroatoms. The minimum atomic E-state index is -1.07. The lowest BCUT2D eigenvalue weighted by Gasteiger charge is -2.19. The lowest BCUT2D eigenvalue weighted by atomic mass is 9.84. The topological polar surface area (TPSA) is 13.1 Å². The molecule has 9 rings (SSSR count). The largest absolute Gasteiger partial charge is 0.456 e. The van der Waals surface area contributed by atoms with Crippen molar-refractivity contribution >= 4 is 54.3 Å². The van der Waals surface area contributed by atoms with Gasteiger partial charge in [-0.15, -0.1) is 0 Å². The maximum absolute atomic E-state index is 9.49. The summed E-state index contributed by atoms with van der Waals surface area (Å²) in [5.41, 5.74) is -5.49. The van der Waals surface area contributed by atoms with Crippen molar-refractivity contribution in [3.05, 3.63) is 157 Å². The van der Waals surface area contributed by atoms with E-state index in [1.54, 1.807) is 0 Å². The summed E-state index contributed by atoms with van der Waals surface area (Å²) in [5.74, 6) is 0. The minimum Gasteiger partial charge on any atom is -0.456 e. The second kappa shape index (κ2) is 9.44. The lowest BCUT2D eigenvalue weighted by molar-refractivity contribution is 0.669. The average Bonchev–Trinajstić information content (AvgIpc) is 3.73. The number of benzene rings is 8. The number of rotatable bonds is 3. The second-order valence-corrected chi connectivity index (χ2v) is 9.26. The summed E-state index contributed by atoms with van der Waals surface area (Å²) < 4.78 is 237. The van der Waals surface area contributed by atoms with Crippen molar-refractivity contribution in [3.8, 4) is 33.4 Å². The summed E-state index contributed by atoms with van der Waals surface area (Å²) in [4.78, 5) is 0. The van der Waals surface area contributed by atoms with Gasteiger partial charge in [0, 0.05) is 10.8 Å². The van der Waals surface area contributed by atoms with E-state index >= 15 is 0 Å². The van der Waals surface area contributed by atoms with Gasteiger partial charge in [0.15, 0.2) is 0 Å². The number of para-hydroxylation sites is 1. The molecule has 0 unspecified atom stereocenters. The van der Waals surface area contributed by atoms with Crippen LogP contribution in [0.25, 0.3) is 87.6 Å². The van der Waals surface area contributed by atoms with Crippen LogP contribution >= 0.6 is 0 Å². The van der Waals surface area contributed by atoms with Gasteiger partial charge in [-0.05, 0) is 83.8 Å². The zero-order chi connectivity index (χ0) is 51.0. The van der Waals surface area contributed by atoms with Crippen molar-refractivity contribution in [2.45, 2.75) is 0 Å². The molecule has 43 heavy (non-hydrogen) atoms. The molecule has 9 aromatic rings. The fraction of sp³-hybridized carbons (Fsp3) is 0. The number of fused-ring (bicyclic) bond motifs is 6. The highest BCUT2D eigenvalue weighted by Gasteiger charge is 2.18. The Bertz CT molecular complexity index is 3850. The van der Waals surface area contributed by atoms with E-state index in [4.69, 9.17) is 27.7 Å². The van der Waals surface area contributed by atoms with Gasteiger partial charge >= 0.3 is 0 Å². The smallest absolute Gasteiger partial charge is 0.136 e. The molecule has 0 aliphatic rings. The van der Waals surface area contributed by atoms with Gasteiger partial charge in [-0.25, -0.2) is 0 Å². The number of furan rings is 1. The van der Waals surface area contributed by atoms with Crippen molar-refractivity contribution in [2.24, 2.45) is 0 Å². The molecule has 0 saturated carbocycles. The molecule has 0 fully saturated rings. The molecular formula is C42H26O. The molecule has 200 valence electrons. The summed E-state index contributed by atoms with van der Waals surface area (Å²) in [6.07, 6.45) is 0. The van der Waals surface area contributed by atoms with Crippen LogP contribution in [-0.4, -0.2) is 0 Å². The zero-order valence-corrected chi connectivity index (χ0v) is 21.4. The van der Waals surface area contributed by atoms with E-state index in [1.807, 2.05) is 0 Å². The SMILES string of the molecule is [2H]c1c([2H])c(-c2c3c([2H])c([2H])c([2H])c([2H])c3c(-c3c([2H])c([2H])c([2H])c4c([2H])c([2H])c([2H])c([2H])c34)c3c([2H])c([2H])c([2H])c([2H])c23)c([2H])c([2H])c1-c1c([2H])c([2H])c2c(oc3c([2H])c([2H])c([2H])c([2H])c32)c1[2H]. The van der Waals surface area contributed by atoms with E-state index in [1.165, 1.54) is 0 Å². The molecule has 0 saturated heterocycles. The van der Waals surface area contributed by atoms with Gasteiger partial charge in [-0.2, -0.15) is 0 Å². The van der Waals surface area contributed by atoms with Gasteiger partial charge < -0.3 is 4.42 Å². The van der Waals surface area contributed by atoms with Crippen LogP contribution in [0.5, 0.6) is 0 Å². The normalized spacial score (nSPS) is 20.2. The van der Waals surface area contributed by atoms with Crippen molar-refractivity contribution in [3.63, 3.8) is 0 Å². The van der Waals surface area contributed by atoms with Crippen molar-refractivity contribution < 1.29 is 40.1 Å². The first-order valence-electron chi connectivity index (χ1n) is 25.7. The molecule has 1 aromatic heterocycles. The molecule has 0 atom stereocenters. The molecule has 0 bridgehead atoms. The first kappa shape index (κ1) is 9.69. The number of hydrogen-bond acceptors (Lipinski definition) is 1. The van der Waals surface area contributed by atoms with Gasteiger partial charge in [-0.3, -0.25) is 0 Å². The zero-order valence-electron chi connectivity index (χ0n) is 47.4. The summed E-state index contributed by atoms with van der Waals surface area (Å²) in [5, 5.41) is -4.81. The first-order chi connectivity index (χ1) is 32.2. The predicted octanol–water partition coefficient (Wildman–Crippen LogP) is 12.0. The van der Waals surface area contributed by atoms with Crippen LogP contribution in [0.15, 0.2) is 162 Å². The maximum Gasteiger partial charge on any atom is 0.136 e. The average molecular weight is 573 g/mol. The van der Waals surface area contributed by atoms with Crippen LogP contribution in [0.1, 0.15) is 35.6 Å². The van der Waals surface area contributed by atoms with Crippen LogP contribution in [-0.2, 0) is 0 Å². The first-order valence-corrected chi connectivity index (χ1v) is 12.7. The van der Waals surface area contributed by atoms with Crippen molar-refractivity contribution in [1.82, 2.24) is 0 Å². The third kappa shape index (κ3) is 3.72. The van der Waals surface area contributed by atoms with Crippen molar-refractivity contribution in [2.75, 3.05) is 0 Å². The van der Waals surface area contributed by atoms with E-state index in [9.17, 15) is 12.3 Å². The van der Waals surface area contributed by atoms with Crippen LogP contribution in [0, 0.1) is 0 Å². The lowest BCUT2D eigenvalue weighted by Crippen LogP contribution is -1.91. The molecule has 0 amide bonds. The second-order valence-electron chi connectivity index (χ2n) is 9.26. The van der Waals surface area contributed by atoms with Gasteiger partial charge in [0.1, 0.15) is 11.2 Å². The molecule has 8 aromatic carbocycles. The van der Waals surface area contributed by atoms with Crippen LogP contribution in [0.3, 0.4) is 0 Å². The Balaban J connectivity index is 1.53. The fourth-order valence-electron chi connectivity index (χ4n) is 5.11. The summed E-state index contributed by atoms with van der Waals surface area (Å²) in [7, 11) is 0. The van der Waals surface area contributed by atoms with Gasteiger partial charge in [0.2, 0.25) is 0 Å². The molecule has 0 N–H and O–H groups in total. The molecular weight excluding hydrogens is 520 g/mol. The van der Waals surface area contributed by atoms with Crippen molar-refractivity contribution in [1.29, 1.82) is 0 Å². The molecule has 1 nitrogen and oxygen atoms in total. The highest BCUT2D eigenvalue weighted by Crippen LogP contribution is 2.45. The van der Waals surface area contributed by atoms with E-state index in [0.29, 0.717) is 0 Å². The predicted molar refractivity (Wildman–Crippen MR) is 183 cm³/mol. The molecule has 0 aliphatic carbocycles. The van der Waals surface area contributed by atoms with Crippen LogP contribution in [0.2, 0.25) is 0 Å². The van der Waals surface area contributed by atoms with E-state index < -0.39 is 234 Å². The maximum atomic E-state index is 9.49. The van der Waals surface area contributed by atoms with E-state index in [2.05, 4.69) is 0 Å². The molecule has 0 spiro atoms. The Morgan fingerprint density at radius 2 is 0.860 bits per heavy atom. The summed E-state index contributed by atoms with van der Waals surface area (Å²) in [6, 6.07) is -23.4. The Morgan fingerprint density at radius 1 is 0.349 bits per heavy atom. The Kier molecular flexibility index (Phi) is 2.13. The highest BCUT2D eigenvalue weighted by atomic mass is 16.3. The summed E-state index contributed by atoms with van der Waals surface area (Å²) in [6.45, 7) is 0. The van der Waals surface area contributed by atoms with Gasteiger partial charge in [0.05, 0.1) is 35.6 Å². The Morgan fingerprint density at radius 3 is 1.58 bits per heavy atom. The standard InChI is InChI=1S/C42H26O/c1-2-12-31-28(10-1)11-9-18-34(31)42-37-16-5-3-14-35(37)41(36-15-4-6-17-38(36)42)29-22-20-27(21-23-29)30-24-25-33-32-13-7-8-19-39(32)43-40(33)26-30/h1-26H/i1D,2D,3D,4D,5D,6D,7D,8D,9D,10D,11D,12D,13D,14D,15D,16D,17D,18D,19D,20D,21D,22D,23D,24D,25D,26D. The quantitative estimate of drug-likeness (QED) is 0.192. The summed E-state index contributed by atoms with van der Waals surface area (Å²) >= 11 is 0. The van der Waals surface area contributed by atoms with E-state index in [0.717, 1.165) is 0 Å². The van der Waals surface area contributed by atoms with E-state index in [-0.39, 0.29) is 10.8 Å². The third-order valence-corrected chi connectivity index (χ3v) is 6.95. The van der Waals surface area contributed by atoms with Crippen LogP contribution < -0.4 is 0 Å². The Labute approximate surface area is 285 Å². The Hall–Kier alpha value is -5.66. The van der Waals surface area contributed by atoms with Gasteiger partial charge in [0.25, 0.3) is 0 Å². The molecule has 0 aliphatic heterocycles. The van der Waals surface area contributed by atoms with Gasteiger partial charge in [-0.1, -0.05) is 139 Å².